The number of H-pyrrole nitrogens is 1. The first kappa shape index (κ1) is 19.5. The van der Waals surface area contributed by atoms with Crippen molar-refractivity contribution in [2.45, 2.75) is 6.61 Å². The number of hydrogen-bond donors (Lipinski definition) is 2. The number of nitrogens with zero attached hydrogens (tertiary/aromatic N) is 5. The quantitative estimate of drug-likeness (QED) is 0.397. The van der Waals surface area contributed by atoms with Gasteiger partial charge in [0.2, 0.25) is 0 Å². The number of anilines is 2. The minimum Gasteiger partial charge on any atom is -0.435 e. The number of nitrogens with one attached hydrogen (secondary N) is 2. The number of hydrogen-bond acceptors (Lipinski definition) is 7. The molecule has 5 aromatic rings. The van der Waals surface area contributed by atoms with Crippen molar-refractivity contribution >= 4 is 22.5 Å². The lowest BCUT2D eigenvalue weighted by Gasteiger charge is -2.07. The Hall–Kier alpha value is -4.47. The van der Waals surface area contributed by atoms with E-state index in [4.69, 9.17) is 0 Å². The normalized spacial score (nSPS) is 11.1. The average molecular weight is 431 g/mol. The first-order valence-corrected chi connectivity index (χ1v) is 9.54. The van der Waals surface area contributed by atoms with Crippen LogP contribution in [0.25, 0.3) is 33.8 Å². The predicted molar refractivity (Wildman–Crippen MR) is 115 cm³/mol. The van der Waals surface area contributed by atoms with E-state index in [0.29, 0.717) is 34.1 Å². The molecule has 158 valence electrons. The lowest BCUT2D eigenvalue weighted by molar-refractivity contribution is -0.0497. The van der Waals surface area contributed by atoms with E-state index in [1.807, 2.05) is 24.3 Å². The standard InChI is InChI=1S/C22H15F2N7O/c23-22(24)32-15-4-5-17-18(9-15)31-21(30-17)13-2-1-3-14(8-13)29-20-11-26-19(10-27-20)16-6-7-25-12-28-16/h1-12,22H,(H,27,29)(H,30,31). The lowest BCUT2D eigenvalue weighted by Crippen LogP contribution is -2.01. The molecular weight excluding hydrogens is 416 g/mol. The van der Waals surface area contributed by atoms with Crippen LogP contribution in [0, 0.1) is 0 Å². The second kappa shape index (κ2) is 8.34. The highest BCUT2D eigenvalue weighted by Gasteiger charge is 2.10. The Balaban J connectivity index is 1.36. The third kappa shape index (κ3) is 4.19. The van der Waals surface area contributed by atoms with E-state index in [2.05, 4.69) is 40.0 Å². The maximum atomic E-state index is 12.5. The van der Waals surface area contributed by atoms with Crippen molar-refractivity contribution in [2.75, 3.05) is 5.32 Å². The molecule has 0 spiro atoms. The highest BCUT2D eigenvalue weighted by atomic mass is 19.3. The van der Waals surface area contributed by atoms with Gasteiger partial charge in [-0.05, 0) is 30.3 Å². The molecule has 0 atom stereocenters. The third-order valence-electron chi connectivity index (χ3n) is 4.58. The largest absolute Gasteiger partial charge is 0.435 e. The molecule has 3 heterocycles. The number of aromatic nitrogens is 6. The molecule has 0 amide bonds. The minimum atomic E-state index is -2.88. The van der Waals surface area contributed by atoms with Gasteiger partial charge in [0.25, 0.3) is 0 Å². The van der Waals surface area contributed by atoms with Gasteiger partial charge in [0.1, 0.15) is 29.4 Å². The molecule has 0 saturated heterocycles. The van der Waals surface area contributed by atoms with Crippen molar-refractivity contribution in [3.8, 4) is 28.5 Å². The van der Waals surface area contributed by atoms with E-state index < -0.39 is 6.61 Å². The Morgan fingerprint density at radius 2 is 1.88 bits per heavy atom. The molecule has 32 heavy (non-hydrogen) atoms. The van der Waals surface area contributed by atoms with E-state index in [1.165, 1.54) is 18.5 Å². The first-order valence-electron chi connectivity index (χ1n) is 9.54. The topological polar surface area (TPSA) is 102 Å². The van der Waals surface area contributed by atoms with E-state index in [0.717, 1.165) is 11.3 Å². The van der Waals surface area contributed by atoms with Crippen molar-refractivity contribution in [1.82, 2.24) is 29.9 Å². The summed E-state index contributed by atoms with van der Waals surface area (Å²) in [6.45, 7) is -2.88. The van der Waals surface area contributed by atoms with Gasteiger partial charge in [-0.3, -0.25) is 0 Å². The second-order valence-electron chi connectivity index (χ2n) is 6.73. The summed E-state index contributed by atoms with van der Waals surface area (Å²) in [6.07, 6.45) is 6.36. The summed E-state index contributed by atoms with van der Waals surface area (Å²) < 4.78 is 29.4. The maximum Gasteiger partial charge on any atom is 0.387 e. The molecule has 3 aromatic heterocycles. The zero-order chi connectivity index (χ0) is 21.9. The zero-order valence-electron chi connectivity index (χ0n) is 16.4. The van der Waals surface area contributed by atoms with Crippen LogP contribution in [-0.2, 0) is 0 Å². The van der Waals surface area contributed by atoms with Crippen LogP contribution in [0.3, 0.4) is 0 Å². The molecule has 2 N–H and O–H groups in total. The lowest BCUT2D eigenvalue weighted by atomic mass is 10.2. The molecule has 2 aromatic carbocycles. The highest BCUT2D eigenvalue weighted by molar-refractivity contribution is 5.81. The van der Waals surface area contributed by atoms with E-state index in [9.17, 15) is 8.78 Å². The van der Waals surface area contributed by atoms with Crippen LogP contribution in [0.2, 0.25) is 0 Å². The first-order chi connectivity index (χ1) is 15.6. The van der Waals surface area contributed by atoms with Crippen LogP contribution in [-0.4, -0.2) is 36.5 Å². The fourth-order valence-electron chi connectivity index (χ4n) is 3.16. The summed E-state index contributed by atoms with van der Waals surface area (Å²) in [6, 6.07) is 13.9. The molecule has 5 rings (SSSR count). The fourth-order valence-corrected chi connectivity index (χ4v) is 3.16. The molecule has 0 saturated carbocycles. The summed E-state index contributed by atoms with van der Waals surface area (Å²) in [5.74, 6) is 1.24. The Bertz CT molecular complexity index is 1360. The molecule has 0 aliphatic rings. The van der Waals surface area contributed by atoms with Gasteiger partial charge < -0.3 is 15.0 Å². The van der Waals surface area contributed by atoms with E-state index in [1.54, 1.807) is 30.7 Å². The van der Waals surface area contributed by atoms with Crippen molar-refractivity contribution in [1.29, 1.82) is 0 Å². The van der Waals surface area contributed by atoms with Crippen LogP contribution >= 0.6 is 0 Å². The summed E-state index contributed by atoms with van der Waals surface area (Å²) in [7, 11) is 0. The number of aromatic amines is 1. The molecule has 0 aliphatic heterocycles. The zero-order valence-corrected chi connectivity index (χ0v) is 16.4. The number of ether oxygens (including phenoxy) is 1. The van der Waals surface area contributed by atoms with Crippen molar-refractivity contribution in [2.24, 2.45) is 0 Å². The Morgan fingerprint density at radius 3 is 2.66 bits per heavy atom. The number of imidazole rings is 1. The Morgan fingerprint density at radius 1 is 0.938 bits per heavy atom. The van der Waals surface area contributed by atoms with Gasteiger partial charge in [-0.25, -0.2) is 24.9 Å². The van der Waals surface area contributed by atoms with E-state index >= 15 is 0 Å². The fraction of sp³-hybridized carbons (Fsp3) is 0.0455. The van der Waals surface area contributed by atoms with Gasteiger partial charge >= 0.3 is 6.61 Å². The molecule has 8 nitrogen and oxygen atoms in total. The van der Waals surface area contributed by atoms with E-state index in [-0.39, 0.29) is 5.75 Å². The number of fused-ring (bicyclic) bond motifs is 1. The molecule has 0 unspecified atom stereocenters. The Kier molecular flexibility index (Phi) is 5.08. The second-order valence-corrected chi connectivity index (χ2v) is 6.73. The maximum absolute atomic E-state index is 12.5. The van der Waals surface area contributed by atoms with Gasteiger partial charge in [-0.1, -0.05) is 12.1 Å². The highest BCUT2D eigenvalue weighted by Crippen LogP contribution is 2.27. The molecular formula is C22H15F2N7O. The van der Waals surface area contributed by atoms with Crippen molar-refractivity contribution in [3.05, 3.63) is 73.4 Å². The Labute approximate surface area is 180 Å². The predicted octanol–water partition coefficient (Wildman–Crippen LogP) is 4.82. The van der Waals surface area contributed by atoms with Crippen LogP contribution in [0.15, 0.2) is 73.4 Å². The van der Waals surface area contributed by atoms with Gasteiger partial charge in [-0.2, -0.15) is 8.78 Å². The minimum absolute atomic E-state index is 0.0714. The summed E-state index contributed by atoms with van der Waals surface area (Å²) in [5, 5.41) is 3.21. The third-order valence-corrected chi connectivity index (χ3v) is 4.58. The number of benzene rings is 2. The van der Waals surface area contributed by atoms with Gasteiger partial charge in [0.05, 0.1) is 29.1 Å². The number of alkyl halides is 2. The average Bonchev–Trinajstić information content (AvgIpc) is 3.24. The van der Waals surface area contributed by atoms with Crippen LogP contribution in [0.5, 0.6) is 5.75 Å². The van der Waals surface area contributed by atoms with Crippen LogP contribution in [0.1, 0.15) is 0 Å². The summed E-state index contributed by atoms with van der Waals surface area (Å²) in [4.78, 5) is 24.5. The van der Waals surface area contributed by atoms with Gasteiger partial charge in [0.15, 0.2) is 0 Å². The van der Waals surface area contributed by atoms with Crippen LogP contribution < -0.4 is 10.1 Å². The SMILES string of the molecule is FC(F)Oc1ccc2nc(-c3cccc(Nc4cnc(-c5ccncn5)cn4)c3)[nH]c2c1. The molecule has 10 heteroatoms. The molecule has 0 aliphatic carbocycles. The molecule has 0 bridgehead atoms. The summed E-state index contributed by atoms with van der Waals surface area (Å²) >= 11 is 0. The van der Waals surface area contributed by atoms with Crippen LogP contribution in [0.4, 0.5) is 20.3 Å². The monoisotopic (exact) mass is 431 g/mol. The van der Waals surface area contributed by atoms with Gasteiger partial charge in [0, 0.05) is 23.5 Å². The summed E-state index contributed by atoms with van der Waals surface area (Å²) in [5.41, 5.74) is 4.17. The van der Waals surface area contributed by atoms with Crippen molar-refractivity contribution < 1.29 is 13.5 Å². The molecule has 0 fully saturated rings. The van der Waals surface area contributed by atoms with Gasteiger partial charge in [-0.15, -0.1) is 0 Å². The van der Waals surface area contributed by atoms with Crippen molar-refractivity contribution in [3.63, 3.8) is 0 Å². The number of halogens is 2. The molecule has 0 radical (unpaired) electrons. The smallest absolute Gasteiger partial charge is 0.387 e. The number of rotatable bonds is 6.